The van der Waals surface area contributed by atoms with Crippen LogP contribution in [0.25, 0.3) is 0 Å². The first-order valence-electron chi connectivity index (χ1n) is 5.78. The van der Waals surface area contributed by atoms with Gasteiger partial charge in [0.1, 0.15) is 6.54 Å². The molecular formula is C13H11F3N2O3. The van der Waals surface area contributed by atoms with E-state index in [-0.39, 0.29) is 11.1 Å². The maximum absolute atomic E-state index is 11.9. The van der Waals surface area contributed by atoms with Crippen molar-refractivity contribution in [2.24, 2.45) is 0 Å². The maximum atomic E-state index is 11.9. The zero-order valence-corrected chi connectivity index (χ0v) is 10.9. The molecule has 0 aliphatic carbocycles. The van der Waals surface area contributed by atoms with Crippen molar-refractivity contribution in [2.75, 3.05) is 6.54 Å². The molecule has 21 heavy (non-hydrogen) atoms. The van der Waals surface area contributed by atoms with Crippen LogP contribution in [0.3, 0.4) is 0 Å². The first kappa shape index (κ1) is 16.5. The van der Waals surface area contributed by atoms with Crippen LogP contribution in [0.15, 0.2) is 24.3 Å². The lowest BCUT2D eigenvalue weighted by molar-refractivity contribution is -0.143. The van der Waals surface area contributed by atoms with Crippen LogP contribution in [0.2, 0.25) is 0 Å². The van der Waals surface area contributed by atoms with Gasteiger partial charge in [0, 0.05) is 0 Å². The quantitative estimate of drug-likeness (QED) is 0.860. The Labute approximate surface area is 118 Å². The predicted octanol–water partition coefficient (Wildman–Crippen LogP) is 1.78. The molecular weight excluding hydrogens is 289 g/mol. The predicted molar refractivity (Wildman–Crippen MR) is 65.1 cm³/mol. The number of rotatable bonds is 4. The molecule has 1 amide bonds. The zero-order valence-electron chi connectivity index (χ0n) is 10.9. The number of benzene rings is 1. The molecule has 5 nitrogen and oxygen atoms in total. The van der Waals surface area contributed by atoms with Crippen LogP contribution < -0.4 is 5.32 Å². The Bertz CT molecular complexity index is 579. The summed E-state index contributed by atoms with van der Waals surface area (Å²) in [7, 11) is 0. The van der Waals surface area contributed by atoms with Gasteiger partial charge in [-0.05, 0) is 25.1 Å². The second kappa shape index (κ2) is 6.74. The van der Waals surface area contributed by atoms with Gasteiger partial charge < -0.3 is 10.1 Å². The van der Waals surface area contributed by atoms with Crippen molar-refractivity contribution in [1.82, 2.24) is 5.32 Å². The molecule has 0 radical (unpaired) electrons. The Kier molecular flexibility index (Phi) is 5.30. The molecule has 112 valence electrons. The number of nitriles is 1. The third-order valence-electron chi connectivity index (χ3n) is 2.34. The number of hydrogen-bond acceptors (Lipinski definition) is 4. The van der Waals surface area contributed by atoms with Crippen LogP contribution in [0, 0.1) is 11.3 Å². The highest BCUT2D eigenvalue weighted by Crippen LogP contribution is 2.12. The summed E-state index contributed by atoms with van der Waals surface area (Å²) in [6.07, 6.45) is -5.92. The van der Waals surface area contributed by atoms with Crippen molar-refractivity contribution in [3.63, 3.8) is 0 Å². The van der Waals surface area contributed by atoms with Crippen LogP contribution in [0.4, 0.5) is 13.2 Å². The monoisotopic (exact) mass is 300 g/mol. The normalized spacial score (nSPS) is 12.1. The minimum absolute atomic E-state index is 0.0320. The van der Waals surface area contributed by atoms with Crippen LogP contribution in [0.1, 0.15) is 22.8 Å². The van der Waals surface area contributed by atoms with Gasteiger partial charge in [-0.15, -0.1) is 0 Å². The summed E-state index contributed by atoms with van der Waals surface area (Å²) in [5, 5.41) is 10.3. The van der Waals surface area contributed by atoms with Crippen molar-refractivity contribution in [3.8, 4) is 6.07 Å². The molecule has 8 heteroatoms. The highest BCUT2D eigenvalue weighted by molar-refractivity contribution is 5.92. The third-order valence-corrected chi connectivity index (χ3v) is 2.34. The summed E-state index contributed by atoms with van der Waals surface area (Å²) in [6.45, 7) is -0.352. The number of hydrogen-bond donors (Lipinski definition) is 1. The lowest BCUT2D eigenvalue weighted by atomic mass is 10.1. The van der Waals surface area contributed by atoms with Gasteiger partial charge in [0.25, 0.3) is 5.91 Å². The highest BCUT2D eigenvalue weighted by Gasteiger charge is 2.29. The number of ether oxygens (including phenoxy) is 1. The summed E-state index contributed by atoms with van der Waals surface area (Å²) < 4.78 is 40.5. The van der Waals surface area contributed by atoms with Crippen molar-refractivity contribution in [1.29, 1.82) is 5.26 Å². The van der Waals surface area contributed by atoms with E-state index in [0.29, 0.717) is 0 Å². The number of esters is 1. The van der Waals surface area contributed by atoms with Crippen molar-refractivity contribution < 1.29 is 27.5 Å². The maximum Gasteiger partial charge on any atom is 0.405 e. The molecule has 0 fully saturated rings. The first-order chi connectivity index (χ1) is 9.73. The van der Waals surface area contributed by atoms with Crippen LogP contribution in [-0.2, 0) is 9.53 Å². The second-order valence-corrected chi connectivity index (χ2v) is 4.07. The SMILES string of the molecule is CC(OC(=O)c1cccc(C#N)c1)C(=O)NCC(F)(F)F. The molecule has 0 bridgehead atoms. The first-order valence-corrected chi connectivity index (χ1v) is 5.78. The average molecular weight is 300 g/mol. The van der Waals surface area contributed by atoms with E-state index < -0.39 is 30.7 Å². The molecule has 0 spiro atoms. The van der Waals surface area contributed by atoms with Gasteiger partial charge >= 0.3 is 12.1 Å². The van der Waals surface area contributed by atoms with Crippen molar-refractivity contribution in [3.05, 3.63) is 35.4 Å². The average Bonchev–Trinajstić information content (AvgIpc) is 2.43. The Morgan fingerprint density at radius 1 is 1.43 bits per heavy atom. The number of nitrogens with zero attached hydrogens (tertiary/aromatic N) is 1. The van der Waals surface area contributed by atoms with Crippen molar-refractivity contribution >= 4 is 11.9 Å². The van der Waals surface area contributed by atoms with Crippen molar-refractivity contribution in [2.45, 2.75) is 19.2 Å². The molecule has 0 saturated carbocycles. The van der Waals surface area contributed by atoms with Crippen LogP contribution in [-0.4, -0.2) is 30.7 Å². The molecule has 0 saturated heterocycles. The molecule has 1 unspecified atom stereocenters. The topological polar surface area (TPSA) is 79.2 Å². The fourth-order valence-corrected chi connectivity index (χ4v) is 1.33. The number of carbonyl (C=O) groups is 2. The number of halogens is 3. The molecule has 1 aromatic rings. The zero-order chi connectivity index (χ0) is 16.0. The van der Waals surface area contributed by atoms with E-state index in [1.54, 1.807) is 5.32 Å². The number of alkyl halides is 3. The molecule has 0 aromatic heterocycles. The largest absolute Gasteiger partial charge is 0.449 e. The van der Waals surface area contributed by atoms with E-state index in [9.17, 15) is 22.8 Å². The summed E-state index contributed by atoms with van der Waals surface area (Å²) in [6, 6.07) is 7.36. The van der Waals surface area contributed by atoms with Crippen LogP contribution in [0.5, 0.6) is 0 Å². The molecule has 1 N–H and O–H groups in total. The van der Waals surface area contributed by atoms with Gasteiger partial charge in [-0.2, -0.15) is 18.4 Å². The summed E-state index contributed by atoms with van der Waals surface area (Å²) in [5.41, 5.74) is 0.253. The Morgan fingerprint density at radius 2 is 2.10 bits per heavy atom. The standard InChI is InChI=1S/C13H11F3N2O3/c1-8(11(19)18-7-13(14,15)16)21-12(20)10-4-2-3-9(5-10)6-17/h2-5,8H,7H2,1H3,(H,18,19). The number of nitrogens with one attached hydrogen (secondary N) is 1. The minimum atomic E-state index is -4.54. The summed E-state index contributed by atoms with van der Waals surface area (Å²) in [5.74, 6) is -1.96. The van der Waals surface area contributed by atoms with E-state index >= 15 is 0 Å². The Balaban J connectivity index is 2.61. The lowest BCUT2D eigenvalue weighted by Gasteiger charge is -2.14. The minimum Gasteiger partial charge on any atom is -0.449 e. The Hall–Kier alpha value is -2.56. The highest BCUT2D eigenvalue weighted by atomic mass is 19.4. The van der Waals surface area contributed by atoms with Gasteiger partial charge in [-0.1, -0.05) is 6.07 Å². The summed E-state index contributed by atoms with van der Waals surface area (Å²) in [4.78, 5) is 23.0. The molecule has 0 aliphatic rings. The van der Waals surface area contributed by atoms with Gasteiger partial charge in [-0.25, -0.2) is 4.79 Å². The smallest absolute Gasteiger partial charge is 0.405 e. The van der Waals surface area contributed by atoms with E-state index in [1.165, 1.54) is 24.3 Å². The third kappa shape index (κ3) is 5.52. The van der Waals surface area contributed by atoms with Gasteiger partial charge in [0.2, 0.25) is 0 Å². The van der Waals surface area contributed by atoms with E-state index in [0.717, 1.165) is 6.92 Å². The molecule has 0 aliphatic heterocycles. The fraction of sp³-hybridized carbons (Fsp3) is 0.308. The van der Waals surface area contributed by atoms with Crippen LogP contribution >= 0.6 is 0 Å². The molecule has 1 atom stereocenters. The van der Waals surface area contributed by atoms with E-state index in [4.69, 9.17) is 10.00 Å². The Morgan fingerprint density at radius 3 is 2.67 bits per heavy atom. The fourth-order valence-electron chi connectivity index (χ4n) is 1.33. The molecule has 0 heterocycles. The van der Waals surface area contributed by atoms with E-state index in [1.807, 2.05) is 6.07 Å². The van der Waals surface area contributed by atoms with Gasteiger partial charge in [0.15, 0.2) is 6.10 Å². The lowest BCUT2D eigenvalue weighted by Crippen LogP contribution is -2.40. The molecule has 1 rings (SSSR count). The number of amides is 1. The number of carbonyl (C=O) groups excluding carboxylic acids is 2. The van der Waals surface area contributed by atoms with Gasteiger partial charge in [-0.3, -0.25) is 4.79 Å². The summed E-state index contributed by atoms with van der Waals surface area (Å²) >= 11 is 0. The van der Waals surface area contributed by atoms with Gasteiger partial charge in [0.05, 0.1) is 17.2 Å². The molecule has 1 aromatic carbocycles. The van der Waals surface area contributed by atoms with E-state index in [2.05, 4.69) is 0 Å². The second-order valence-electron chi connectivity index (χ2n) is 4.07.